The van der Waals surface area contributed by atoms with Crippen molar-refractivity contribution < 1.29 is 37.4 Å². The molecule has 0 bridgehead atoms. The highest BCUT2D eigenvalue weighted by atomic mass is 79.9. The Morgan fingerprint density at radius 3 is 1.60 bits per heavy atom. The van der Waals surface area contributed by atoms with Gasteiger partial charge in [0.2, 0.25) is 0 Å². The van der Waals surface area contributed by atoms with Crippen LogP contribution in [0.15, 0.2) is 69.6 Å². The number of carbonyl (C=O) groups excluding carboxylic acids is 3. The summed E-state index contributed by atoms with van der Waals surface area (Å²) in [5.74, 6) is -2.99. The highest BCUT2D eigenvalue weighted by Crippen LogP contribution is 2.37. The Kier molecular flexibility index (Phi) is 11.0. The van der Waals surface area contributed by atoms with Gasteiger partial charge in [-0.15, -0.1) is 0 Å². The maximum absolute atomic E-state index is 13.4. The average molecular weight is 855 g/mol. The summed E-state index contributed by atoms with van der Waals surface area (Å²) in [7, 11) is 0. The van der Waals surface area contributed by atoms with Crippen molar-refractivity contribution in [3.05, 3.63) is 127 Å². The number of anilines is 3. The summed E-state index contributed by atoms with van der Waals surface area (Å²) in [6.45, 7) is 0. The van der Waals surface area contributed by atoms with Crippen LogP contribution in [0.4, 0.5) is 41.6 Å². The molecule has 0 aliphatic carbocycles. The van der Waals surface area contributed by atoms with Crippen LogP contribution in [0.25, 0.3) is 0 Å². The molecule has 4 aromatic carbocycles. The zero-order valence-corrected chi connectivity index (χ0v) is 28.5. The van der Waals surface area contributed by atoms with E-state index < -0.39 is 56.2 Å². The van der Waals surface area contributed by atoms with Crippen molar-refractivity contribution in [2.24, 2.45) is 0 Å². The number of alkyl halides is 3. The van der Waals surface area contributed by atoms with Gasteiger partial charge in [-0.2, -0.15) is 13.2 Å². The first-order chi connectivity index (χ1) is 22.3. The fourth-order valence-corrected chi connectivity index (χ4v) is 5.92. The van der Waals surface area contributed by atoms with Crippen LogP contribution in [0, 0.1) is 20.2 Å². The lowest BCUT2D eigenvalue weighted by molar-refractivity contribution is -0.385. The molecule has 48 heavy (non-hydrogen) atoms. The van der Waals surface area contributed by atoms with Crippen molar-refractivity contribution in [1.82, 2.24) is 0 Å². The minimum atomic E-state index is -4.91. The molecule has 0 fully saturated rings. The van der Waals surface area contributed by atoms with Crippen LogP contribution in [0.2, 0.25) is 15.1 Å². The van der Waals surface area contributed by atoms with E-state index in [0.29, 0.717) is 12.1 Å². The van der Waals surface area contributed by atoms with Crippen LogP contribution in [0.5, 0.6) is 0 Å². The van der Waals surface area contributed by atoms with Gasteiger partial charge in [0.1, 0.15) is 5.69 Å². The number of nitrogens with one attached hydrogen (secondary N) is 3. The Balaban J connectivity index is 1.76. The Morgan fingerprint density at radius 2 is 1.12 bits per heavy atom. The van der Waals surface area contributed by atoms with Gasteiger partial charge >= 0.3 is 6.18 Å². The van der Waals surface area contributed by atoms with Crippen LogP contribution in [0.1, 0.15) is 36.6 Å². The standard InChI is InChI=1S/C28H13Br2Cl3F3N5O7/c29-16-7-15(40(45)46)8-17(30)24(16)39-27(44)13-4-11(3-12(5-13)26(43)38-22-10-19(32)18(31)9-20(22)33)25(42)37-21-2-1-14(28(34,35)36)6-23(21)41(47)48/h1-10H,(H,37,42)(H,38,43)(H,39,44). The molecule has 0 heterocycles. The van der Waals surface area contributed by atoms with Crippen molar-refractivity contribution in [2.75, 3.05) is 16.0 Å². The summed E-state index contributed by atoms with van der Waals surface area (Å²) < 4.78 is 39.7. The van der Waals surface area contributed by atoms with Gasteiger partial charge in [0, 0.05) is 43.8 Å². The molecule has 3 amide bonds. The summed E-state index contributed by atoms with van der Waals surface area (Å²) in [6.07, 6.45) is -4.91. The van der Waals surface area contributed by atoms with Crippen molar-refractivity contribution >= 4 is 113 Å². The predicted octanol–water partition coefficient (Wildman–Crippen LogP) is 9.76. The largest absolute Gasteiger partial charge is 0.416 e. The lowest BCUT2D eigenvalue weighted by atomic mass is 10.0. The Bertz CT molecular complexity index is 2030. The topological polar surface area (TPSA) is 174 Å². The van der Waals surface area contributed by atoms with Gasteiger partial charge in [0.05, 0.1) is 41.9 Å². The lowest BCUT2D eigenvalue weighted by Gasteiger charge is -2.14. The Labute approximate surface area is 298 Å². The number of carbonyl (C=O) groups is 3. The van der Waals surface area contributed by atoms with Crippen LogP contribution >= 0.6 is 66.7 Å². The van der Waals surface area contributed by atoms with E-state index in [2.05, 4.69) is 47.8 Å². The smallest absolute Gasteiger partial charge is 0.321 e. The third-order valence-electron chi connectivity index (χ3n) is 6.22. The first kappa shape index (κ1) is 36.5. The number of nitro benzene ring substituents is 2. The van der Waals surface area contributed by atoms with Crippen LogP contribution in [-0.2, 0) is 6.18 Å². The number of nitrogens with zero attached hydrogens (tertiary/aromatic N) is 2. The van der Waals surface area contributed by atoms with E-state index >= 15 is 0 Å². The summed E-state index contributed by atoms with van der Waals surface area (Å²) in [4.78, 5) is 61.0. The second-order valence-corrected chi connectivity index (χ2v) is 12.4. The number of hydrogen-bond donors (Lipinski definition) is 3. The average Bonchev–Trinajstić information content (AvgIpc) is 3.00. The molecule has 4 rings (SSSR count). The van der Waals surface area contributed by atoms with Crippen LogP contribution in [0.3, 0.4) is 0 Å². The van der Waals surface area contributed by atoms with E-state index in [0.717, 1.165) is 30.3 Å². The summed E-state index contributed by atoms with van der Waals surface area (Å²) >= 11 is 24.4. The normalized spacial score (nSPS) is 11.1. The maximum Gasteiger partial charge on any atom is 0.416 e. The SMILES string of the molecule is O=C(Nc1cc(Cl)c(Cl)cc1Cl)c1cc(C(=O)Nc2ccc(C(F)(F)F)cc2[N+](=O)[O-])cc(C(=O)Nc2c(Br)cc([N+](=O)[O-])cc2Br)c1. The number of amides is 3. The maximum atomic E-state index is 13.4. The monoisotopic (exact) mass is 851 g/mol. The summed E-state index contributed by atoms with van der Waals surface area (Å²) in [5, 5.41) is 29.9. The second-order valence-electron chi connectivity index (χ2n) is 9.44. The molecule has 0 atom stereocenters. The first-order valence-corrected chi connectivity index (χ1v) is 15.3. The number of hydrogen-bond acceptors (Lipinski definition) is 7. The Morgan fingerprint density at radius 1 is 0.646 bits per heavy atom. The molecule has 0 radical (unpaired) electrons. The van der Waals surface area contributed by atoms with Gasteiger partial charge < -0.3 is 16.0 Å². The molecule has 0 spiro atoms. The number of non-ortho nitro benzene ring substituents is 1. The quantitative estimate of drug-likeness (QED) is 0.0899. The van der Waals surface area contributed by atoms with E-state index in [4.69, 9.17) is 34.8 Å². The molecule has 0 unspecified atom stereocenters. The van der Waals surface area contributed by atoms with Gasteiger partial charge in [-0.25, -0.2) is 0 Å². The van der Waals surface area contributed by atoms with Crippen LogP contribution < -0.4 is 16.0 Å². The molecule has 248 valence electrons. The molecule has 0 saturated carbocycles. The number of nitro groups is 2. The van der Waals surface area contributed by atoms with Crippen molar-refractivity contribution in [3.63, 3.8) is 0 Å². The van der Waals surface area contributed by atoms with Crippen molar-refractivity contribution in [3.8, 4) is 0 Å². The number of benzene rings is 4. The second kappa shape index (κ2) is 14.4. The molecule has 4 aromatic rings. The van der Waals surface area contributed by atoms with Crippen molar-refractivity contribution in [2.45, 2.75) is 6.18 Å². The molecule has 0 saturated heterocycles. The molecule has 0 aliphatic heterocycles. The minimum absolute atomic E-state index is 0.00366. The van der Waals surface area contributed by atoms with Crippen LogP contribution in [-0.4, -0.2) is 27.6 Å². The van der Waals surface area contributed by atoms with E-state index in [1.54, 1.807) is 0 Å². The predicted molar refractivity (Wildman–Crippen MR) is 178 cm³/mol. The fourth-order valence-electron chi connectivity index (χ4n) is 3.96. The number of halogens is 8. The van der Waals surface area contributed by atoms with E-state index in [1.807, 2.05) is 0 Å². The molecular formula is C28H13Br2Cl3F3N5O7. The highest BCUT2D eigenvalue weighted by molar-refractivity contribution is 9.11. The molecule has 12 nitrogen and oxygen atoms in total. The highest BCUT2D eigenvalue weighted by Gasteiger charge is 2.33. The van der Waals surface area contributed by atoms with Gasteiger partial charge in [-0.3, -0.25) is 34.6 Å². The molecule has 0 aliphatic rings. The third kappa shape index (κ3) is 8.40. The Hall–Kier alpha value is -4.29. The van der Waals surface area contributed by atoms with E-state index in [9.17, 15) is 47.8 Å². The summed E-state index contributed by atoms with van der Waals surface area (Å²) in [6, 6.07) is 9.22. The third-order valence-corrected chi connectivity index (χ3v) is 8.51. The fraction of sp³-hybridized carbons (Fsp3) is 0.0357. The molecule has 0 aromatic heterocycles. The zero-order valence-electron chi connectivity index (χ0n) is 23.0. The van der Waals surface area contributed by atoms with Gasteiger partial charge in [0.25, 0.3) is 29.1 Å². The first-order valence-electron chi connectivity index (χ1n) is 12.6. The number of rotatable bonds is 8. The molecular weight excluding hydrogens is 841 g/mol. The van der Waals surface area contributed by atoms with E-state index in [1.165, 1.54) is 12.1 Å². The van der Waals surface area contributed by atoms with Gasteiger partial charge in [0.15, 0.2) is 0 Å². The minimum Gasteiger partial charge on any atom is -0.321 e. The molecule has 20 heteroatoms. The summed E-state index contributed by atoms with van der Waals surface area (Å²) in [5.41, 5.74) is -4.38. The van der Waals surface area contributed by atoms with Gasteiger partial charge in [-0.1, -0.05) is 34.8 Å². The lowest BCUT2D eigenvalue weighted by Crippen LogP contribution is -2.20. The van der Waals surface area contributed by atoms with Gasteiger partial charge in [-0.05, 0) is 74.3 Å². The zero-order chi connectivity index (χ0) is 35.7. The molecule has 3 N–H and O–H groups in total. The van der Waals surface area contributed by atoms with Crippen molar-refractivity contribution in [1.29, 1.82) is 0 Å². The van der Waals surface area contributed by atoms with E-state index in [-0.39, 0.29) is 58.3 Å².